The van der Waals surface area contributed by atoms with Crippen LogP contribution in [0.4, 0.5) is 0 Å². The Morgan fingerprint density at radius 2 is 1.31 bits per heavy atom. The van der Waals surface area contributed by atoms with Crippen molar-refractivity contribution < 1.29 is 4.79 Å². The molecule has 0 bridgehead atoms. The van der Waals surface area contributed by atoms with Crippen LogP contribution in [-0.4, -0.2) is 5.78 Å². The van der Waals surface area contributed by atoms with Crippen molar-refractivity contribution in [2.45, 2.75) is 68.2 Å². The summed E-state index contributed by atoms with van der Waals surface area (Å²) in [6.07, 6.45) is 1.25. The number of carbonyl (C=O) groups is 1. The van der Waals surface area contributed by atoms with Crippen LogP contribution in [0, 0.1) is 10.8 Å². The van der Waals surface area contributed by atoms with Gasteiger partial charge in [0.05, 0.1) is 0 Å². The van der Waals surface area contributed by atoms with Gasteiger partial charge in [0.1, 0.15) is 5.78 Å². The van der Waals surface area contributed by atoms with E-state index in [1.807, 2.05) is 6.92 Å². The van der Waals surface area contributed by atoms with Gasteiger partial charge in [-0.05, 0) is 17.8 Å². The first-order valence-corrected chi connectivity index (χ1v) is 6.22. The molecule has 0 unspecified atom stereocenters. The summed E-state index contributed by atoms with van der Waals surface area (Å²) < 4.78 is 0. The normalized spacial score (nSPS) is 12.5. The highest BCUT2D eigenvalue weighted by molar-refractivity contribution is 5.80. The first-order chi connectivity index (χ1) is 7.00. The fourth-order valence-electron chi connectivity index (χ4n) is 2.91. The van der Waals surface area contributed by atoms with Gasteiger partial charge in [-0.2, -0.15) is 0 Å². The lowest BCUT2D eigenvalue weighted by Gasteiger charge is -2.36. The van der Waals surface area contributed by atoms with E-state index in [0.29, 0.717) is 18.6 Å². The lowest BCUT2D eigenvalue weighted by atomic mass is 9.69. The molecule has 0 radical (unpaired) electrons. The second kappa shape index (κ2) is 5.16. The van der Waals surface area contributed by atoms with Crippen molar-refractivity contribution in [1.29, 1.82) is 0 Å². The number of Topliss-reactive ketones (excluding diaryl/α,β-unsaturated/α-hetero) is 1. The van der Waals surface area contributed by atoms with E-state index in [1.54, 1.807) is 0 Å². The van der Waals surface area contributed by atoms with Gasteiger partial charge in [-0.1, -0.05) is 59.6 Å². The zero-order chi connectivity index (χ0) is 13.1. The standard InChI is InChI=1S/C15H28O/c1-9-12(16)10-11(2)13(14(3,4)5)15(6,7)8/h9-10H2,1-8H3. The van der Waals surface area contributed by atoms with Crippen LogP contribution in [0.3, 0.4) is 0 Å². The molecule has 1 heteroatoms. The minimum atomic E-state index is 0.135. The lowest BCUT2D eigenvalue weighted by Crippen LogP contribution is -2.24. The molecule has 0 aromatic rings. The van der Waals surface area contributed by atoms with E-state index in [0.717, 1.165) is 0 Å². The highest BCUT2D eigenvalue weighted by Crippen LogP contribution is 2.41. The molecule has 16 heavy (non-hydrogen) atoms. The minimum Gasteiger partial charge on any atom is -0.299 e. The molecule has 94 valence electrons. The first kappa shape index (κ1) is 15.4. The molecule has 0 fully saturated rings. The molecule has 0 amide bonds. The van der Waals surface area contributed by atoms with Gasteiger partial charge in [0, 0.05) is 12.8 Å². The van der Waals surface area contributed by atoms with E-state index < -0.39 is 0 Å². The van der Waals surface area contributed by atoms with Crippen molar-refractivity contribution in [3.63, 3.8) is 0 Å². The van der Waals surface area contributed by atoms with E-state index in [4.69, 9.17) is 0 Å². The molecule has 0 heterocycles. The Bertz CT molecular complexity index is 266. The van der Waals surface area contributed by atoms with Crippen molar-refractivity contribution in [1.82, 2.24) is 0 Å². The van der Waals surface area contributed by atoms with Gasteiger partial charge in [0.2, 0.25) is 0 Å². The van der Waals surface area contributed by atoms with E-state index in [-0.39, 0.29) is 10.8 Å². The lowest BCUT2D eigenvalue weighted by molar-refractivity contribution is -0.118. The molecular weight excluding hydrogens is 196 g/mol. The maximum absolute atomic E-state index is 11.5. The average molecular weight is 224 g/mol. The number of hydrogen-bond donors (Lipinski definition) is 0. The van der Waals surface area contributed by atoms with Crippen molar-refractivity contribution >= 4 is 5.78 Å². The van der Waals surface area contributed by atoms with Crippen LogP contribution in [0.15, 0.2) is 11.1 Å². The molecular formula is C15H28O. The summed E-state index contributed by atoms with van der Waals surface area (Å²) in [6, 6.07) is 0. The number of carbonyl (C=O) groups excluding carboxylic acids is 1. The van der Waals surface area contributed by atoms with Gasteiger partial charge >= 0.3 is 0 Å². The molecule has 0 saturated heterocycles. The maximum Gasteiger partial charge on any atom is 0.136 e. The highest BCUT2D eigenvalue weighted by Gasteiger charge is 2.29. The smallest absolute Gasteiger partial charge is 0.136 e. The van der Waals surface area contributed by atoms with Crippen LogP contribution in [0.5, 0.6) is 0 Å². The van der Waals surface area contributed by atoms with Gasteiger partial charge in [-0.3, -0.25) is 4.79 Å². The first-order valence-electron chi connectivity index (χ1n) is 6.22. The summed E-state index contributed by atoms with van der Waals surface area (Å²) in [5, 5.41) is 0. The summed E-state index contributed by atoms with van der Waals surface area (Å²) in [7, 11) is 0. The van der Waals surface area contributed by atoms with Crippen molar-refractivity contribution in [3.05, 3.63) is 11.1 Å². The van der Waals surface area contributed by atoms with Crippen LogP contribution >= 0.6 is 0 Å². The molecule has 0 aliphatic rings. The van der Waals surface area contributed by atoms with Crippen LogP contribution < -0.4 is 0 Å². The molecule has 0 aromatic carbocycles. The molecule has 0 aliphatic carbocycles. The van der Waals surface area contributed by atoms with Crippen molar-refractivity contribution in [2.24, 2.45) is 10.8 Å². The molecule has 0 spiro atoms. The topological polar surface area (TPSA) is 17.1 Å². The predicted molar refractivity (Wildman–Crippen MR) is 71.5 cm³/mol. The fraction of sp³-hybridized carbons (Fsp3) is 0.800. The Kier molecular flexibility index (Phi) is 4.97. The SMILES string of the molecule is CCC(=O)CC(C)=C(C(C)(C)C)C(C)(C)C. The zero-order valence-corrected chi connectivity index (χ0v) is 12.3. The monoisotopic (exact) mass is 224 g/mol. The van der Waals surface area contributed by atoms with Gasteiger partial charge < -0.3 is 0 Å². The van der Waals surface area contributed by atoms with E-state index in [2.05, 4.69) is 48.5 Å². The third-order valence-electron chi connectivity index (χ3n) is 2.78. The Balaban J connectivity index is 5.32. The number of ketones is 1. The predicted octanol–water partition coefficient (Wildman–Crippen LogP) is 4.76. The number of hydrogen-bond acceptors (Lipinski definition) is 1. The second-order valence-electron chi connectivity index (χ2n) is 6.72. The second-order valence-corrected chi connectivity index (χ2v) is 6.72. The average Bonchev–Trinajstić information content (AvgIpc) is 1.97. The molecule has 0 atom stereocenters. The molecule has 1 nitrogen and oxygen atoms in total. The quantitative estimate of drug-likeness (QED) is 0.631. The van der Waals surface area contributed by atoms with Crippen LogP contribution in [0.1, 0.15) is 68.2 Å². The zero-order valence-electron chi connectivity index (χ0n) is 12.3. The summed E-state index contributed by atoms with van der Waals surface area (Å²) in [4.78, 5) is 11.5. The third kappa shape index (κ3) is 4.51. The molecule has 0 rings (SSSR count). The molecule has 0 N–H and O–H groups in total. The summed E-state index contributed by atoms with van der Waals surface area (Å²) in [5.41, 5.74) is 2.95. The van der Waals surface area contributed by atoms with Crippen molar-refractivity contribution in [2.75, 3.05) is 0 Å². The Morgan fingerprint density at radius 1 is 0.938 bits per heavy atom. The highest BCUT2D eigenvalue weighted by atomic mass is 16.1. The Labute approximate surface area is 101 Å². The van der Waals surface area contributed by atoms with Gasteiger partial charge in [0.15, 0.2) is 0 Å². The molecule has 0 saturated carbocycles. The Hall–Kier alpha value is -0.590. The van der Waals surface area contributed by atoms with E-state index in [9.17, 15) is 4.79 Å². The van der Waals surface area contributed by atoms with E-state index >= 15 is 0 Å². The maximum atomic E-state index is 11.5. The summed E-state index contributed by atoms with van der Waals surface area (Å²) >= 11 is 0. The van der Waals surface area contributed by atoms with Gasteiger partial charge in [0.25, 0.3) is 0 Å². The summed E-state index contributed by atoms with van der Waals surface area (Å²) in [5.74, 6) is 0.337. The minimum absolute atomic E-state index is 0.135. The van der Waals surface area contributed by atoms with Crippen LogP contribution in [0.2, 0.25) is 0 Å². The largest absolute Gasteiger partial charge is 0.299 e. The Morgan fingerprint density at radius 3 is 1.56 bits per heavy atom. The number of allylic oxidation sites excluding steroid dienone is 2. The fourth-order valence-corrected chi connectivity index (χ4v) is 2.91. The third-order valence-corrected chi connectivity index (χ3v) is 2.78. The van der Waals surface area contributed by atoms with E-state index in [1.165, 1.54) is 11.1 Å². The molecule has 0 aromatic heterocycles. The van der Waals surface area contributed by atoms with Gasteiger partial charge in [-0.25, -0.2) is 0 Å². The number of rotatable bonds is 3. The summed E-state index contributed by atoms with van der Waals surface area (Å²) in [6.45, 7) is 17.4. The van der Waals surface area contributed by atoms with Gasteiger partial charge in [-0.15, -0.1) is 0 Å². The molecule has 0 aliphatic heterocycles. The van der Waals surface area contributed by atoms with Crippen LogP contribution in [-0.2, 0) is 4.79 Å². The van der Waals surface area contributed by atoms with Crippen LogP contribution in [0.25, 0.3) is 0 Å². The van der Waals surface area contributed by atoms with Crippen molar-refractivity contribution in [3.8, 4) is 0 Å².